The molecular formula is C18H26N4. The van der Waals surface area contributed by atoms with E-state index in [1.165, 1.54) is 36.2 Å². The highest BCUT2D eigenvalue weighted by atomic mass is 15.2. The summed E-state index contributed by atoms with van der Waals surface area (Å²) in [6.07, 6.45) is 6.40. The molecule has 0 saturated carbocycles. The van der Waals surface area contributed by atoms with Gasteiger partial charge in [-0.15, -0.1) is 0 Å². The minimum Gasteiger partial charge on any atom is -0.337 e. The summed E-state index contributed by atoms with van der Waals surface area (Å²) in [5, 5.41) is 0. The van der Waals surface area contributed by atoms with Crippen LogP contribution in [0.1, 0.15) is 35.7 Å². The van der Waals surface area contributed by atoms with E-state index in [0.717, 1.165) is 13.1 Å². The van der Waals surface area contributed by atoms with Crippen LogP contribution in [0.25, 0.3) is 0 Å². The summed E-state index contributed by atoms with van der Waals surface area (Å²) in [5.74, 6) is 0. The number of benzene rings is 1. The van der Waals surface area contributed by atoms with Crippen LogP contribution in [-0.2, 0) is 20.1 Å². The highest BCUT2D eigenvalue weighted by Gasteiger charge is 2.26. The molecule has 0 unspecified atom stereocenters. The minimum absolute atomic E-state index is 0.545. The number of nitrogens with zero attached hydrogens (tertiary/aromatic N) is 4. The third-order valence-electron chi connectivity index (χ3n) is 4.51. The predicted octanol–water partition coefficient (Wildman–Crippen LogP) is 2.82. The van der Waals surface area contributed by atoms with E-state index in [4.69, 9.17) is 0 Å². The lowest BCUT2D eigenvalue weighted by atomic mass is 10.0. The molecule has 0 radical (unpaired) electrons. The highest BCUT2D eigenvalue weighted by molar-refractivity contribution is 5.26. The summed E-state index contributed by atoms with van der Waals surface area (Å²) in [6, 6.07) is 9.71. The zero-order chi connectivity index (χ0) is 15.5. The number of likely N-dealkylation sites (tertiary alicyclic amines) is 1. The van der Waals surface area contributed by atoms with E-state index in [9.17, 15) is 0 Å². The fourth-order valence-corrected chi connectivity index (χ4v) is 3.35. The number of hydrogen-bond donors (Lipinski definition) is 0. The molecule has 0 bridgehead atoms. The van der Waals surface area contributed by atoms with Gasteiger partial charge in [0.2, 0.25) is 0 Å². The first-order valence-corrected chi connectivity index (χ1v) is 8.06. The minimum atomic E-state index is 0.545. The van der Waals surface area contributed by atoms with Gasteiger partial charge in [0.25, 0.3) is 0 Å². The summed E-state index contributed by atoms with van der Waals surface area (Å²) < 4.78 is 2.12. The molecule has 1 fully saturated rings. The van der Waals surface area contributed by atoms with E-state index >= 15 is 0 Å². The van der Waals surface area contributed by atoms with Crippen LogP contribution >= 0.6 is 0 Å². The molecule has 3 rings (SSSR count). The molecule has 2 aromatic rings. The van der Waals surface area contributed by atoms with E-state index in [-0.39, 0.29) is 0 Å². The zero-order valence-electron chi connectivity index (χ0n) is 13.9. The smallest absolute Gasteiger partial charge is 0.0945 e. The first-order valence-electron chi connectivity index (χ1n) is 8.06. The van der Waals surface area contributed by atoms with Gasteiger partial charge < -0.3 is 9.47 Å². The fourth-order valence-electron chi connectivity index (χ4n) is 3.35. The van der Waals surface area contributed by atoms with Crippen molar-refractivity contribution >= 4 is 0 Å². The largest absolute Gasteiger partial charge is 0.337 e. The Kier molecular flexibility index (Phi) is 4.60. The second-order valence-electron chi connectivity index (χ2n) is 6.60. The van der Waals surface area contributed by atoms with E-state index < -0.39 is 0 Å². The van der Waals surface area contributed by atoms with Gasteiger partial charge in [-0.3, -0.25) is 4.90 Å². The Bertz CT molecular complexity index is 600. The Balaban J connectivity index is 1.71. The second-order valence-corrected chi connectivity index (χ2v) is 6.60. The van der Waals surface area contributed by atoms with Crippen molar-refractivity contribution < 1.29 is 0 Å². The van der Waals surface area contributed by atoms with Crippen molar-refractivity contribution in [2.24, 2.45) is 7.05 Å². The average molecular weight is 298 g/mol. The molecule has 22 heavy (non-hydrogen) atoms. The first kappa shape index (κ1) is 15.3. The first-order chi connectivity index (χ1) is 10.6. The molecular weight excluding hydrogens is 272 g/mol. The molecule has 1 saturated heterocycles. The Labute approximate surface area is 133 Å². The lowest BCUT2D eigenvalue weighted by Crippen LogP contribution is -2.23. The van der Waals surface area contributed by atoms with Gasteiger partial charge in [0.1, 0.15) is 0 Å². The summed E-state index contributed by atoms with van der Waals surface area (Å²) in [4.78, 5) is 9.02. The lowest BCUT2D eigenvalue weighted by molar-refractivity contribution is 0.243. The van der Waals surface area contributed by atoms with Gasteiger partial charge in [-0.2, -0.15) is 0 Å². The van der Waals surface area contributed by atoms with Crippen LogP contribution in [0.3, 0.4) is 0 Å². The Morgan fingerprint density at radius 3 is 2.64 bits per heavy atom. The summed E-state index contributed by atoms with van der Waals surface area (Å²) in [5.41, 5.74) is 4.11. The molecule has 0 N–H and O–H groups in total. The maximum Gasteiger partial charge on any atom is 0.0945 e. The maximum absolute atomic E-state index is 4.23. The van der Waals surface area contributed by atoms with Gasteiger partial charge >= 0.3 is 0 Å². The average Bonchev–Trinajstić information content (AvgIpc) is 3.10. The number of aryl methyl sites for hydroxylation is 1. The monoisotopic (exact) mass is 298 g/mol. The SMILES string of the molecule is CN(C)Cc1ccc([C@H]2CCCN2Cc2cncn2C)cc1. The topological polar surface area (TPSA) is 24.3 Å². The number of rotatable bonds is 5. The summed E-state index contributed by atoms with van der Waals surface area (Å²) in [7, 11) is 6.30. The second kappa shape index (κ2) is 6.63. The van der Waals surface area contributed by atoms with Crippen molar-refractivity contribution in [1.82, 2.24) is 19.4 Å². The van der Waals surface area contributed by atoms with Crippen molar-refractivity contribution in [3.05, 3.63) is 53.6 Å². The van der Waals surface area contributed by atoms with E-state index in [2.05, 4.69) is 64.8 Å². The summed E-state index contributed by atoms with van der Waals surface area (Å²) >= 11 is 0. The Morgan fingerprint density at radius 1 is 1.23 bits per heavy atom. The van der Waals surface area contributed by atoms with Crippen LogP contribution in [0.4, 0.5) is 0 Å². The number of imidazole rings is 1. The number of aromatic nitrogens is 2. The van der Waals surface area contributed by atoms with Crippen LogP contribution in [0.5, 0.6) is 0 Å². The van der Waals surface area contributed by atoms with E-state index in [0.29, 0.717) is 6.04 Å². The van der Waals surface area contributed by atoms with Gasteiger partial charge in [0.05, 0.1) is 12.0 Å². The lowest BCUT2D eigenvalue weighted by Gasteiger charge is -2.25. The van der Waals surface area contributed by atoms with Crippen LogP contribution in [0.15, 0.2) is 36.8 Å². The van der Waals surface area contributed by atoms with Crippen LogP contribution in [0, 0.1) is 0 Å². The normalized spacial score (nSPS) is 19.2. The molecule has 4 nitrogen and oxygen atoms in total. The van der Waals surface area contributed by atoms with Gasteiger partial charge in [-0.25, -0.2) is 4.98 Å². The van der Waals surface area contributed by atoms with Crippen molar-refractivity contribution in [1.29, 1.82) is 0 Å². The highest BCUT2D eigenvalue weighted by Crippen LogP contribution is 2.33. The van der Waals surface area contributed by atoms with Crippen molar-refractivity contribution in [3.63, 3.8) is 0 Å². The van der Waals surface area contributed by atoms with Gasteiger partial charge in [-0.05, 0) is 44.6 Å². The zero-order valence-corrected chi connectivity index (χ0v) is 13.9. The quantitative estimate of drug-likeness (QED) is 0.848. The molecule has 1 aliphatic rings. The Morgan fingerprint density at radius 2 is 2.00 bits per heavy atom. The molecule has 1 atom stereocenters. The molecule has 4 heteroatoms. The van der Waals surface area contributed by atoms with Crippen molar-refractivity contribution in [2.45, 2.75) is 32.0 Å². The predicted molar refractivity (Wildman–Crippen MR) is 89.4 cm³/mol. The molecule has 0 aliphatic carbocycles. The molecule has 0 amide bonds. The molecule has 1 aliphatic heterocycles. The number of hydrogen-bond acceptors (Lipinski definition) is 3. The maximum atomic E-state index is 4.23. The van der Waals surface area contributed by atoms with E-state index in [1.807, 2.05) is 12.5 Å². The fraction of sp³-hybridized carbons (Fsp3) is 0.500. The van der Waals surface area contributed by atoms with Crippen LogP contribution < -0.4 is 0 Å². The van der Waals surface area contributed by atoms with Gasteiger partial charge in [-0.1, -0.05) is 24.3 Å². The van der Waals surface area contributed by atoms with Crippen molar-refractivity contribution in [2.75, 3.05) is 20.6 Å². The molecule has 1 aromatic carbocycles. The van der Waals surface area contributed by atoms with Gasteiger partial charge in [0, 0.05) is 32.4 Å². The van der Waals surface area contributed by atoms with Crippen LogP contribution in [0.2, 0.25) is 0 Å². The molecule has 0 spiro atoms. The third-order valence-corrected chi connectivity index (χ3v) is 4.51. The molecule has 2 heterocycles. The molecule has 118 valence electrons. The van der Waals surface area contributed by atoms with E-state index in [1.54, 1.807) is 0 Å². The summed E-state index contributed by atoms with van der Waals surface area (Å²) in [6.45, 7) is 3.17. The van der Waals surface area contributed by atoms with Gasteiger partial charge in [0.15, 0.2) is 0 Å². The van der Waals surface area contributed by atoms with Crippen LogP contribution in [-0.4, -0.2) is 40.0 Å². The Hall–Kier alpha value is -1.65. The van der Waals surface area contributed by atoms with Crippen molar-refractivity contribution in [3.8, 4) is 0 Å². The third kappa shape index (κ3) is 3.39. The standard InChI is InChI=1S/C18H26N4/c1-20(2)12-15-6-8-16(9-7-15)18-5-4-10-22(18)13-17-11-19-14-21(17)3/h6-9,11,14,18H,4-5,10,12-13H2,1-3H3/t18-/m1/s1. The molecule has 1 aromatic heterocycles.